The van der Waals surface area contributed by atoms with Crippen LogP contribution in [0.15, 0.2) is 63.9 Å². The summed E-state index contributed by atoms with van der Waals surface area (Å²) in [7, 11) is 0. The van der Waals surface area contributed by atoms with Gasteiger partial charge in [0.15, 0.2) is 5.58 Å². The summed E-state index contributed by atoms with van der Waals surface area (Å²) in [5.41, 5.74) is 2.40. The van der Waals surface area contributed by atoms with Gasteiger partial charge in [-0.25, -0.2) is 9.59 Å². The highest BCUT2D eigenvalue weighted by molar-refractivity contribution is 5.78. The van der Waals surface area contributed by atoms with Crippen molar-refractivity contribution in [1.82, 2.24) is 19.7 Å². The second kappa shape index (κ2) is 8.97. The number of carbonyl (C=O) groups is 1. The van der Waals surface area contributed by atoms with Crippen molar-refractivity contribution in [2.75, 3.05) is 13.1 Å². The number of alkyl halides is 3. The van der Waals surface area contributed by atoms with Gasteiger partial charge in [0.25, 0.3) is 0 Å². The van der Waals surface area contributed by atoms with Crippen LogP contribution in [-0.4, -0.2) is 38.8 Å². The van der Waals surface area contributed by atoms with E-state index in [4.69, 9.17) is 9.15 Å². The maximum atomic E-state index is 12.7. The fourth-order valence-corrected chi connectivity index (χ4v) is 4.14. The number of rotatable bonds is 4. The van der Waals surface area contributed by atoms with Gasteiger partial charge in [-0.2, -0.15) is 18.3 Å². The van der Waals surface area contributed by atoms with Crippen LogP contribution in [0.3, 0.4) is 0 Å². The van der Waals surface area contributed by atoms with Gasteiger partial charge in [0.1, 0.15) is 6.61 Å². The monoisotopic (exact) mass is 486 g/mol. The van der Waals surface area contributed by atoms with Crippen molar-refractivity contribution < 1.29 is 27.1 Å². The first kappa shape index (κ1) is 22.8. The highest BCUT2D eigenvalue weighted by Crippen LogP contribution is 2.29. The Hall–Kier alpha value is -4.02. The molecule has 1 aliphatic rings. The van der Waals surface area contributed by atoms with Crippen molar-refractivity contribution in [3.8, 4) is 11.3 Å². The first-order valence-electron chi connectivity index (χ1n) is 11.0. The van der Waals surface area contributed by atoms with Crippen molar-refractivity contribution in [2.24, 2.45) is 0 Å². The third-order valence-electron chi connectivity index (χ3n) is 6.07. The minimum Gasteiger partial charge on any atom is -0.445 e. The third-order valence-corrected chi connectivity index (χ3v) is 6.07. The van der Waals surface area contributed by atoms with Gasteiger partial charge >= 0.3 is 18.0 Å². The van der Waals surface area contributed by atoms with E-state index in [1.54, 1.807) is 17.0 Å². The molecule has 0 atom stereocenters. The molecule has 1 amide bonds. The molecule has 0 radical (unpaired) electrons. The fraction of sp³-hybridized carbons (Fsp3) is 0.292. The summed E-state index contributed by atoms with van der Waals surface area (Å²) < 4.78 is 50.3. The van der Waals surface area contributed by atoms with Crippen LogP contribution in [0.5, 0.6) is 0 Å². The fourth-order valence-electron chi connectivity index (χ4n) is 4.14. The molecule has 0 unspecified atom stereocenters. The van der Waals surface area contributed by atoms with Crippen molar-refractivity contribution in [1.29, 1.82) is 0 Å². The lowest BCUT2D eigenvalue weighted by molar-refractivity contribution is -0.137. The number of oxazole rings is 1. The Bertz CT molecular complexity index is 1400. The quantitative estimate of drug-likeness (QED) is 0.439. The molecule has 2 aromatic heterocycles. The van der Waals surface area contributed by atoms with E-state index in [1.807, 2.05) is 23.0 Å². The Balaban J connectivity index is 1.15. The normalized spacial score (nSPS) is 15.0. The number of hydrogen-bond acceptors (Lipinski definition) is 5. The van der Waals surface area contributed by atoms with Crippen LogP contribution in [-0.2, 0) is 17.5 Å². The van der Waals surface area contributed by atoms with Crippen LogP contribution in [0.25, 0.3) is 22.4 Å². The molecule has 1 fully saturated rings. The second-order valence-electron chi connectivity index (χ2n) is 8.37. The summed E-state index contributed by atoms with van der Waals surface area (Å²) in [4.78, 5) is 28.0. The molecule has 0 spiro atoms. The van der Waals surface area contributed by atoms with Crippen molar-refractivity contribution in [3.63, 3.8) is 0 Å². The standard InChI is InChI=1S/C24H21F3N4O4/c25-24(26,27)17-4-1-15(2-5-17)14-34-23(33)30-10-7-18(8-11-30)31-12-9-19(29-31)16-3-6-20-21(13-16)35-22(32)28-20/h1-6,9,12-13,18H,7-8,10-11,14H2,(H,28,32). The van der Waals surface area contributed by atoms with Gasteiger partial charge in [-0.15, -0.1) is 0 Å². The summed E-state index contributed by atoms with van der Waals surface area (Å²) >= 11 is 0. The molecule has 11 heteroatoms. The number of amides is 1. The molecular formula is C24H21F3N4O4. The van der Waals surface area contributed by atoms with Gasteiger partial charge in [0, 0.05) is 24.8 Å². The van der Waals surface area contributed by atoms with Gasteiger partial charge in [-0.1, -0.05) is 18.2 Å². The largest absolute Gasteiger partial charge is 0.445 e. The molecule has 0 saturated carbocycles. The Morgan fingerprint density at radius 3 is 2.57 bits per heavy atom. The lowest BCUT2D eigenvalue weighted by Crippen LogP contribution is -2.39. The predicted molar refractivity (Wildman–Crippen MR) is 120 cm³/mol. The molecule has 1 aliphatic heterocycles. The molecule has 4 aromatic rings. The lowest BCUT2D eigenvalue weighted by Gasteiger charge is -2.31. The van der Waals surface area contributed by atoms with E-state index >= 15 is 0 Å². The first-order chi connectivity index (χ1) is 16.8. The second-order valence-corrected chi connectivity index (χ2v) is 8.37. The summed E-state index contributed by atoms with van der Waals surface area (Å²) in [6.45, 7) is 0.864. The average Bonchev–Trinajstić information content (AvgIpc) is 3.48. The van der Waals surface area contributed by atoms with Gasteiger partial charge in [-0.05, 0) is 48.7 Å². The predicted octanol–water partition coefficient (Wildman–Crippen LogP) is 4.98. The number of fused-ring (bicyclic) bond motifs is 1. The Kier molecular flexibility index (Phi) is 5.83. The van der Waals surface area contributed by atoms with Crippen LogP contribution >= 0.6 is 0 Å². The van der Waals surface area contributed by atoms with E-state index in [2.05, 4.69) is 10.1 Å². The Morgan fingerprint density at radius 1 is 1.11 bits per heavy atom. The molecule has 8 nitrogen and oxygen atoms in total. The number of aromatic amines is 1. The van der Waals surface area contributed by atoms with Crippen molar-refractivity contribution in [3.05, 3.63) is 76.4 Å². The van der Waals surface area contributed by atoms with E-state index in [-0.39, 0.29) is 12.6 Å². The molecule has 0 bridgehead atoms. The number of H-pyrrole nitrogens is 1. The zero-order chi connectivity index (χ0) is 24.6. The van der Waals surface area contributed by atoms with Gasteiger partial charge < -0.3 is 14.1 Å². The van der Waals surface area contributed by atoms with Gasteiger partial charge in [0.2, 0.25) is 0 Å². The molecular weight excluding hydrogens is 465 g/mol. The summed E-state index contributed by atoms with van der Waals surface area (Å²) in [6.07, 6.45) is -1.64. The highest BCUT2D eigenvalue weighted by Gasteiger charge is 2.30. The van der Waals surface area contributed by atoms with Crippen molar-refractivity contribution >= 4 is 17.2 Å². The molecule has 2 aromatic carbocycles. The van der Waals surface area contributed by atoms with E-state index in [0.717, 1.165) is 23.4 Å². The minimum atomic E-state index is -4.40. The zero-order valence-corrected chi connectivity index (χ0v) is 18.4. The van der Waals surface area contributed by atoms with Gasteiger partial charge in [-0.3, -0.25) is 9.67 Å². The van der Waals surface area contributed by atoms with Crippen LogP contribution in [0.1, 0.15) is 30.0 Å². The number of nitrogens with zero attached hydrogens (tertiary/aromatic N) is 3. The van der Waals surface area contributed by atoms with Crippen LogP contribution in [0, 0.1) is 0 Å². The number of ether oxygens (including phenoxy) is 1. The molecule has 0 aliphatic carbocycles. The molecule has 182 valence electrons. The molecule has 5 rings (SSSR count). The first-order valence-corrected chi connectivity index (χ1v) is 11.0. The average molecular weight is 486 g/mol. The number of aromatic nitrogens is 3. The van der Waals surface area contributed by atoms with Crippen LogP contribution in [0.2, 0.25) is 0 Å². The lowest BCUT2D eigenvalue weighted by atomic mass is 10.1. The van der Waals surface area contributed by atoms with E-state index in [0.29, 0.717) is 42.6 Å². The van der Waals surface area contributed by atoms with E-state index in [9.17, 15) is 22.8 Å². The highest BCUT2D eigenvalue weighted by atomic mass is 19.4. The Labute approximate surface area is 196 Å². The maximum Gasteiger partial charge on any atom is 0.417 e. The number of benzene rings is 2. The number of halogens is 3. The van der Waals surface area contributed by atoms with Gasteiger partial charge in [0.05, 0.1) is 22.8 Å². The van der Waals surface area contributed by atoms with E-state index in [1.165, 1.54) is 12.1 Å². The molecule has 35 heavy (non-hydrogen) atoms. The van der Waals surface area contributed by atoms with Crippen LogP contribution < -0.4 is 5.76 Å². The molecule has 1 N–H and O–H groups in total. The zero-order valence-electron chi connectivity index (χ0n) is 18.4. The number of likely N-dealkylation sites (tertiary alicyclic amines) is 1. The molecule has 1 saturated heterocycles. The summed E-state index contributed by atoms with van der Waals surface area (Å²) in [5.74, 6) is -0.507. The minimum absolute atomic E-state index is 0.0922. The topological polar surface area (TPSA) is 93.4 Å². The summed E-state index contributed by atoms with van der Waals surface area (Å²) in [6, 6.07) is 11.9. The maximum absolute atomic E-state index is 12.7. The number of piperidine rings is 1. The smallest absolute Gasteiger partial charge is 0.417 e. The third kappa shape index (κ3) is 4.93. The number of nitrogens with one attached hydrogen (secondary N) is 1. The number of carbonyl (C=O) groups excluding carboxylic acids is 1. The SMILES string of the molecule is O=C(OCc1ccc(C(F)(F)F)cc1)N1CCC(n2ccc(-c3ccc4[nH]c(=O)oc4c3)n2)CC1. The Morgan fingerprint density at radius 2 is 1.86 bits per heavy atom. The number of hydrogen-bond donors (Lipinski definition) is 1. The summed E-state index contributed by atoms with van der Waals surface area (Å²) in [5, 5.41) is 4.66. The van der Waals surface area contributed by atoms with Crippen LogP contribution in [0.4, 0.5) is 18.0 Å². The van der Waals surface area contributed by atoms with E-state index < -0.39 is 23.6 Å². The molecule has 3 heterocycles. The van der Waals surface area contributed by atoms with Crippen molar-refractivity contribution in [2.45, 2.75) is 31.7 Å².